The van der Waals surface area contributed by atoms with Crippen molar-refractivity contribution in [2.24, 2.45) is 0 Å². The summed E-state index contributed by atoms with van der Waals surface area (Å²) in [6.07, 6.45) is 3.94. The predicted molar refractivity (Wildman–Crippen MR) is 83.1 cm³/mol. The average Bonchev–Trinajstić information content (AvgIpc) is 2.42. The lowest BCUT2D eigenvalue weighted by Crippen LogP contribution is -2.06. The molecule has 0 N–H and O–H groups in total. The summed E-state index contributed by atoms with van der Waals surface area (Å²) in [5, 5.41) is 0. The molecule has 2 aromatic carbocycles. The van der Waals surface area contributed by atoms with Gasteiger partial charge in [0.1, 0.15) is 0 Å². The van der Waals surface area contributed by atoms with Gasteiger partial charge in [0.05, 0.1) is 0 Å². The van der Waals surface area contributed by atoms with Gasteiger partial charge in [-0.3, -0.25) is 0 Å². The molecule has 1 heteroatoms. The van der Waals surface area contributed by atoms with E-state index in [2.05, 4.69) is 56.3 Å². The monoisotopic (exact) mass is 268 g/mol. The smallest absolute Gasteiger partial charge is 0.0151 e. The molecule has 0 nitrogen and oxygen atoms in total. The summed E-state index contributed by atoms with van der Waals surface area (Å²) in [5.74, 6) is 0.737. The normalized spacial score (nSPS) is 18.1. The van der Waals surface area contributed by atoms with Crippen molar-refractivity contribution in [1.29, 1.82) is 0 Å². The zero-order chi connectivity index (χ0) is 13.2. The van der Waals surface area contributed by atoms with Crippen molar-refractivity contribution in [1.82, 2.24) is 0 Å². The SMILES string of the molecule is Cc1ccccc1Sc1ccc2c(c1)CCC[C@@H]2C. The van der Waals surface area contributed by atoms with Crippen LogP contribution in [0.25, 0.3) is 0 Å². The summed E-state index contributed by atoms with van der Waals surface area (Å²) >= 11 is 1.89. The van der Waals surface area contributed by atoms with Crippen LogP contribution in [0.5, 0.6) is 0 Å². The highest BCUT2D eigenvalue weighted by molar-refractivity contribution is 7.99. The number of hydrogen-bond donors (Lipinski definition) is 0. The standard InChI is InChI=1S/C18H20S/c1-13-7-5-8-15-12-16(10-11-17(13)15)19-18-9-4-3-6-14(18)2/h3-4,6,9-13H,5,7-8H2,1-2H3/t13-/m0/s1. The van der Waals surface area contributed by atoms with Crippen molar-refractivity contribution in [3.8, 4) is 0 Å². The molecule has 0 saturated carbocycles. The first-order valence-corrected chi connectivity index (χ1v) is 7.92. The number of fused-ring (bicyclic) bond motifs is 1. The molecule has 0 aliphatic heterocycles. The van der Waals surface area contributed by atoms with Gasteiger partial charge in [-0.25, -0.2) is 0 Å². The highest BCUT2D eigenvalue weighted by atomic mass is 32.2. The third-order valence-electron chi connectivity index (χ3n) is 4.05. The fraction of sp³-hybridized carbons (Fsp3) is 0.333. The Morgan fingerprint density at radius 1 is 1.11 bits per heavy atom. The van der Waals surface area contributed by atoms with Crippen molar-refractivity contribution < 1.29 is 0 Å². The Bertz CT molecular complexity index is 586. The van der Waals surface area contributed by atoms with Gasteiger partial charge in [-0.1, -0.05) is 43.0 Å². The van der Waals surface area contributed by atoms with Crippen molar-refractivity contribution in [2.45, 2.75) is 48.8 Å². The van der Waals surface area contributed by atoms with E-state index in [1.807, 2.05) is 11.8 Å². The second-order valence-electron chi connectivity index (χ2n) is 5.52. The summed E-state index contributed by atoms with van der Waals surface area (Å²) in [7, 11) is 0. The van der Waals surface area contributed by atoms with Gasteiger partial charge in [-0.15, -0.1) is 0 Å². The maximum absolute atomic E-state index is 2.40. The van der Waals surface area contributed by atoms with Crippen molar-refractivity contribution in [3.05, 3.63) is 59.2 Å². The molecule has 3 rings (SSSR count). The molecule has 1 aliphatic rings. The topological polar surface area (TPSA) is 0 Å². The molecule has 1 atom stereocenters. The molecule has 0 heterocycles. The first-order chi connectivity index (χ1) is 9.24. The van der Waals surface area contributed by atoms with E-state index in [4.69, 9.17) is 0 Å². The highest BCUT2D eigenvalue weighted by Crippen LogP contribution is 2.36. The van der Waals surface area contributed by atoms with Gasteiger partial charge >= 0.3 is 0 Å². The Balaban J connectivity index is 1.89. The summed E-state index contributed by atoms with van der Waals surface area (Å²) < 4.78 is 0. The Morgan fingerprint density at radius 2 is 1.95 bits per heavy atom. The summed E-state index contributed by atoms with van der Waals surface area (Å²) in [5.41, 5.74) is 4.50. The second kappa shape index (κ2) is 5.42. The van der Waals surface area contributed by atoms with E-state index >= 15 is 0 Å². The van der Waals surface area contributed by atoms with E-state index in [9.17, 15) is 0 Å². The third kappa shape index (κ3) is 2.71. The first-order valence-electron chi connectivity index (χ1n) is 7.10. The van der Waals surface area contributed by atoms with Crippen LogP contribution in [0.1, 0.15) is 42.4 Å². The van der Waals surface area contributed by atoms with Gasteiger partial charge in [-0.2, -0.15) is 0 Å². The number of benzene rings is 2. The van der Waals surface area contributed by atoms with Gasteiger partial charge in [0.2, 0.25) is 0 Å². The Hall–Kier alpha value is -1.21. The lowest BCUT2D eigenvalue weighted by molar-refractivity contribution is 0.589. The Kier molecular flexibility index (Phi) is 3.65. The average molecular weight is 268 g/mol. The molecule has 0 radical (unpaired) electrons. The molecule has 0 spiro atoms. The third-order valence-corrected chi connectivity index (χ3v) is 5.22. The maximum Gasteiger partial charge on any atom is 0.0151 e. The van der Waals surface area contributed by atoms with Crippen LogP contribution in [0.15, 0.2) is 52.3 Å². The van der Waals surface area contributed by atoms with E-state index in [-0.39, 0.29) is 0 Å². The second-order valence-corrected chi connectivity index (χ2v) is 6.64. The number of rotatable bonds is 2. The molecule has 0 saturated heterocycles. The fourth-order valence-corrected chi connectivity index (χ4v) is 3.86. The molecule has 0 fully saturated rings. The van der Waals surface area contributed by atoms with Crippen LogP contribution in [-0.4, -0.2) is 0 Å². The molecule has 0 bridgehead atoms. The lowest BCUT2D eigenvalue weighted by Gasteiger charge is -2.22. The Morgan fingerprint density at radius 3 is 2.79 bits per heavy atom. The molecule has 0 aromatic heterocycles. The van der Waals surface area contributed by atoms with E-state index in [0.29, 0.717) is 0 Å². The van der Waals surface area contributed by atoms with E-state index in [1.165, 1.54) is 34.6 Å². The molecule has 2 aromatic rings. The quantitative estimate of drug-likeness (QED) is 0.684. The first kappa shape index (κ1) is 12.8. The maximum atomic E-state index is 2.40. The minimum absolute atomic E-state index is 0.737. The van der Waals surface area contributed by atoms with Gasteiger partial charge in [-0.05, 0) is 67.0 Å². The van der Waals surface area contributed by atoms with Crippen LogP contribution in [0.3, 0.4) is 0 Å². The van der Waals surface area contributed by atoms with E-state index in [0.717, 1.165) is 5.92 Å². The fourth-order valence-electron chi connectivity index (χ4n) is 2.89. The minimum atomic E-state index is 0.737. The summed E-state index contributed by atoms with van der Waals surface area (Å²) in [6, 6.07) is 15.7. The van der Waals surface area contributed by atoms with E-state index < -0.39 is 0 Å². The molecule has 98 valence electrons. The van der Waals surface area contributed by atoms with Crippen LogP contribution in [0, 0.1) is 6.92 Å². The van der Waals surface area contributed by atoms with Crippen LogP contribution in [0.4, 0.5) is 0 Å². The lowest BCUT2D eigenvalue weighted by atomic mass is 9.84. The summed E-state index contributed by atoms with van der Waals surface area (Å²) in [6.45, 7) is 4.54. The summed E-state index contributed by atoms with van der Waals surface area (Å²) in [4.78, 5) is 2.74. The predicted octanol–water partition coefficient (Wildman–Crippen LogP) is 5.59. The van der Waals surface area contributed by atoms with Gasteiger partial charge in [0.25, 0.3) is 0 Å². The van der Waals surface area contributed by atoms with Crippen LogP contribution >= 0.6 is 11.8 Å². The van der Waals surface area contributed by atoms with Crippen molar-refractivity contribution >= 4 is 11.8 Å². The molecule has 0 unspecified atom stereocenters. The molecular formula is C18H20S. The largest absolute Gasteiger partial charge is 0.0898 e. The van der Waals surface area contributed by atoms with Crippen LogP contribution in [0.2, 0.25) is 0 Å². The Labute approximate surface area is 120 Å². The zero-order valence-electron chi connectivity index (χ0n) is 11.6. The van der Waals surface area contributed by atoms with Gasteiger partial charge in [0.15, 0.2) is 0 Å². The van der Waals surface area contributed by atoms with E-state index in [1.54, 1.807) is 11.1 Å². The molecule has 0 amide bonds. The number of aryl methyl sites for hydroxylation is 2. The molecule has 19 heavy (non-hydrogen) atoms. The van der Waals surface area contributed by atoms with Crippen LogP contribution in [-0.2, 0) is 6.42 Å². The van der Waals surface area contributed by atoms with Crippen LogP contribution < -0.4 is 0 Å². The van der Waals surface area contributed by atoms with Gasteiger partial charge < -0.3 is 0 Å². The molecular weight excluding hydrogens is 248 g/mol. The zero-order valence-corrected chi connectivity index (χ0v) is 12.5. The minimum Gasteiger partial charge on any atom is -0.0898 e. The number of hydrogen-bond acceptors (Lipinski definition) is 1. The van der Waals surface area contributed by atoms with Gasteiger partial charge in [0, 0.05) is 9.79 Å². The van der Waals surface area contributed by atoms with Crippen molar-refractivity contribution in [2.75, 3.05) is 0 Å². The molecule has 1 aliphatic carbocycles. The van der Waals surface area contributed by atoms with Crippen molar-refractivity contribution in [3.63, 3.8) is 0 Å². The highest BCUT2D eigenvalue weighted by Gasteiger charge is 2.16.